The maximum Gasteiger partial charge on any atom is 0.259 e. The summed E-state index contributed by atoms with van der Waals surface area (Å²) >= 11 is 0. The average Bonchev–Trinajstić information content (AvgIpc) is 3.00. The van der Waals surface area contributed by atoms with Gasteiger partial charge in [0.05, 0.1) is 28.3 Å². The lowest BCUT2D eigenvalue weighted by Crippen LogP contribution is -2.40. The molecule has 7 nitrogen and oxygen atoms in total. The van der Waals surface area contributed by atoms with Crippen molar-refractivity contribution >= 4 is 38.6 Å². The highest BCUT2D eigenvalue weighted by atomic mass is 19.1. The first-order valence-electron chi connectivity index (χ1n) is 8.05. The number of amides is 1. The second-order valence-corrected chi connectivity index (χ2v) is 6.76. The van der Waals surface area contributed by atoms with E-state index in [9.17, 15) is 14.0 Å². The minimum atomic E-state index is -0.759. The van der Waals surface area contributed by atoms with E-state index in [0.717, 1.165) is 0 Å². The summed E-state index contributed by atoms with van der Waals surface area (Å²) < 4.78 is 13.8. The number of fused-ring (bicyclic) bond motifs is 6. The molecule has 3 N–H and O–H groups in total. The maximum absolute atomic E-state index is 13.8. The van der Waals surface area contributed by atoms with Crippen molar-refractivity contribution in [3.05, 3.63) is 46.5 Å². The number of benzene rings is 2. The molecule has 0 aliphatic carbocycles. The van der Waals surface area contributed by atoms with E-state index < -0.39 is 11.4 Å². The summed E-state index contributed by atoms with van der Waals surface area (Å²) in [5, 5.41) is 4.20. The lowest BCUT2D eigenvalue weighted by Gasteiger charge is -2.22. The van der Waals surface area contributed by atoms with Gasteiger partial charge in [-0.25, -0.2) is 14.4 Å². The third-order valence-electron chi connectivity index (χ3n) is 4.38. The van der Waals surface area contributed by atoms with Crippen LogP contribution >= 0.6 is 0 Å². The van der Waals surface area contributed by atoms with E-state index in [1.165, 1.54) is 25.4 Å². The van der Waals surface area contributed by atoms with Crippen molar-refractivity contribution in [2.45, 2.75) is 26.3 Å². The largest absolute Gasteiger partial charge is 0.344 e. The van der Waals surface area contributed by atoms with Crippen molar-refractivity contribution < 1.29 is 9.18 Å². The summed E-state index contributed by atoms with van der Waals surface area (Å²) in [4.78, 5) is 38.5. The highest BCUT2D eigenvalue weighted by molar-refractivity contribution is 6.21. The Labute approximate surface area is 146 Å². The fraction of sp³-hybridized carbons (Fsp3) is 0.222. The SMILES string of the molecule is CC(=O)NC(C)(C)c1nc2c3ccc(F)cc3c3c(=O)[nH]cnc3c2[nH]1. The molecule has 0 radical (unpaired) electrons. The van der Waals surface area contributed by atoms with Gasteiger partial charge in [0.25, 0.3) is 5.56 Å². The van der Waals surface area contributed by atoms with E-state index >= 15 is 0 Å². The zero-order chi connectivity index (χ0) is 18.6. The molecule has 0 saturated carbocycles. The second kappa shape index (κ2) is 5.35. The molecule has 0 spiro atoms. The molecule has 0 saturated heterocycles. The Morgan fingerprint density at radius 2 is 2.00 bits per heavy atom. The minimum Gasteiger partial charge on any atom is -0.344 e. The molecule has 2 aromatic heterocycles. The molecule has 0 bridgehead atoms. The molecule has 0 unspecified atom stereocenters. The van der Waals surface area contributed by atoms with Crippen LogP contribution in [0.1, 0.15) is 26.6 Å². The van der Waals surface area contributed by atoms with Gasteiger partial charge in [0.1, 0.15) is 17.2 Å². The highest BCUT2D eigenvalue weighted by Crippen LogP contribution is 2.33. The third-order valence-corrected chi connectivity index (χ3v) is 4.38. The zero-order valence-corrected chi connectivity index (χ0v) is 14.4. The van der Waals surface area contributed by atoms with E-state index in [1.54, 1.807) is 6.07 Å². The molecule has 0 aliphatic heterocycles. The fourth-order valence-electron chi connectivity index (χ4n) is 3.30. The molecule has 2 aromatic carbocycles. The van der Waals surface area contributed by atoms with Crippen LogP contribution in [0.4, 0.5) is 4.39 Å². The smallest absolute Gasteiger partial charge is 0.259 e. The average molecular weight is 353 g/mol. The highest BCUT2D eigenvalue weighted by Gasteiger charge is 2.27. The van der Waals surface area contributed by atoms with Crippen LogP contribution < -0.4 is 10.9 Å². The number of halogens is 1. The van der Waals surface area contributed by atoms with Gasteiger partial charge >= 0.3 is 0 Å². The number of aromatic amines is 2. The number of H-pyrrole nitrogens is 2. The van der Waals surface area contributed by atoms with Crippen LogP contribution in [0.25, 0.3) is 32.7 Å². The molecule has 0 atom stereocenters. The molecule has 8 heteroatoms. The van der Waals surface area contributed by atoms with Gasteiger partial charge in [-0.2, -0.15) is 0 Å². The quantitative estimate of drug-likeness (QED) is 0.482. The van der Waals surface area contributed by atoms with Gasteiger partial charge in [-0.05, 0) is 32.0 Å². The molecule has 132 valence electrons. The first-order chi connectivity index (χ1) is 12.3. The fourth-order valence-corrected chi connectivity index (χ4v) is 3.30. The summed E-state index contributed by atoms with van der Waals surface area (Å²) in [6.45, 7) is 5.06. The topological polar surface area (TPSA) is 104 Å². The van der Waals surface area contributed by atoms with Crippen molar-refractivity contribution in [1.82, 2.24) is 25.3 Å². The summed E-state index contributed by atoms with van der Waals surface area (Å²) in [5.41, 5.74) is 0.423. The van der Waals surface area contributed by atoms with Gasteiger partial charge in [0, 0.05) is 17.7 Å². The summed E-state index contributed by atoms with van der Waals surface area (Å²) in [6, 6.07) is 4.22. The number of hydrogen-bond donors (Lipinski definition) is 3. The first kappa shape index (κ1) is 16.2. The normalized spacial score (nSPS) is 12.2. The van der Waals surface area contributed by atoms with Crippen LogP contribution in [0.15, 0.2) is 29.3 Å². The maximum atomic E-state index is 13.8. The zero-order valence-electron chi connectivity index (χ0n) is 14.4. The van der Waals surface area contributed by atoms with Crippen LogP contribution in [0.5, 0.6) is 0 Å². The van der Waals surface area contributed by atoms with Gasteiger partial charge in [0.15, 0.2) is 0 Å². The number of imidazole rings is 1. The first-order valence-corrected chi connectivity index (χ1v) is 8.05. The predicted octanol–water partition coefficient (Wildman–Crippen LogP) is 2.46. The number of aromatic nitrogens is 4. The van der Waals surface area contributed by atoms with Crippen LogP contribution in [0, 0.1) is 5.82 Å². The Hall–Kier alpha value is -3.29. The van der Waals surface area contributed by atoms with Crippen molar-refractivity contribution in [2.24, 2.45) is 0 Å². The number of hydrogen-bond acceptors (Lipinski definition) is 4. The second-order valence-electron chi connectivity index (χ2n) is 6.76. The Bertz CT molecular complexity index is 1260. The minimum absolute atomic E-state index is 0.193. The predicted molar refractivity (Wildman–Crippen MR) is 96.3 cm³/mol. The van der Waals surface area contributed by atoms with Crippen molar-refractivity contribution in [3.63, 3.8) is 0 Å². The van der Waals surface area contributed by atoms with E-state index in [0.29, 0.717) is 38.5 Å². The Morgan fingerprint density at radius 3 is 2.73 bits per heavy atom. The van der Waals surface area contributed by atoms with Crippen LogP contribution in [-0.4, -0.2) is 25.8 Å². The Balaban J connectivity index is 2.18. The van der Waals surface area contributed by atoms with E-state index in [4.69, 9.17) is 0 Å². The molecule has 26 heavy (non-hydrogen) atoms. The van der Waals surface area contributed by atoms with E-state index in [1.807, 2.05) is 13.8 Å². The molecule has 0 aliphatic rings. The molecule has 4 rings (SSSR count). The van der Waals surface area contributed by atoms with Crippen molar-refractivity contribution in [1.29, 1.82) is 0 Å². The van der Waals surface area contributed by atoms with Crippen LogP contribution in [0.2, 0.25) is 0 Å². The standard InChI is InChI=1S/C18H16FN5O2/c1-8(25)24-18(2,3)17-22-13-10-5-4-9(19)6-11(10)12-14(15(13)23-17)20-7-21-16(12)26/h4-7H,1-3H3,(H,22,23)(H,24,25)(H,20,21,26). The lowest BCUT2D eigenvalue weighted by atomic mass is 10.0. The third kappa shape index (κ3) is 2.33. The molecule has 1 amide bonds. The van der Waals surface area contributed by atoms with Crippen molar-refractivity contribution in [2.75, 3.05) is 0 Å². The summed E-state index contributed by atoms with van der Waals surface area (Å²) in [7, 11) is 0. The summed E-state index contributed by atoms with van der Waals surface area (Å²) in [5.74, 6) is -0.125. The van der Waals surface area contributed by atoms with Crippen LogP contribution in [0.3, 0.4) is 0 Å². The number of rotatable bonds is 2. The summed E-state index contributed by atoms with van der Waals surface area (Å²) in [6.07, 6.45) is 1.30. The number of nitrogens with zero attached hydrogens (tertiary/aromatic N) is 2. The van der Waals surface area contributed by atoms with Gasteiger partial charge in [-0.1, -0.05) is 0 Å². The molecule has 4 aromatic rings. The van der Waals surface area contributed by atoms with Crippen LogP contribution in [-0.2, 0) is 10.3 Å². The number of carbonyl (C=O) groups is 1. The monoisotopic (exact) mass is 353 g/mol. The van der Waals surface area contributed by atoms with E-state index in [-0.39, 0.29) is 11.5 Å². The number of carbonyl (C=O) groups excluding carboxylic acids is 1. The Morgan fingerprint density at radius 1 is 1.23 bits per heavy atom. The van der Waals surface area contributed by atoms with E-state index in [2.05, 4.69) is 25.3 Å². The molecule has 0 fully saturated rings. The van der Waals surface area contributed by atoms with Crippen molar-refractivity contribution in [3.8, 4) is 0 Å². The van der Waals surface area contributed by atoms with Gasteiger partial charge in [-0.3, -0.25) is 9.59 Å². The lowest BCUT2D eigenvalue weighted by molar-refractivity contribution is -0.120. The molecular weight excluding hydrogens is 337 g/mol. The number of nitrogens with one attached hydrogen (secondary N) is 3. The Kier molecular flexibility index (Phi) is 3.33. The molecular formula is C18H16FN5O2. The van der Waals surface area contributed by atoms with Gasteiger partial charge in [0.2, 0.25) is 5.91 Å². The van der Waals surface area contributed by atoms with Gasteiger partial charge < -0.3 is 15.3 Å². The van der Waals surface area contributed by atoms with Gasteiger partial charge in [-0.15, -0.1) is 0 Å². The molecule has 2 heterocycles.